The fourth-order valence-corrected chi connectivity index (χ4v) is 1.45. The summed E-state index contributed by atoms with van der Waals surface area (Å²) >= 11 is 0. The first-order valence-corrected chi connectivity index (χ1v) is 4.16. The Morgan fingerprint density at radius 3 is 2.57 bits per heavy atom. The third-order valence-corrected chi connectivity index (χ3v) is 2.09. The molecule has 0 saturated carbocycles. The summed E-state index contributed by atoms with van der Waals surface area (Å²) in [7, 11) is 0. The van der Waals surface area contributed by atoms with Crippen molar-refractivity contribution >= 4 is 16.7 Å². The summed E-state index contributed by atoms with van der Waals surface area (Å²) in [6.45, 7) is 0. The molecule has 70 valence electrons. The van der Waals surface area contributed by atoms with Crippen molar-refractivity contribution in [2.45, 2.75) is 0 Å². The topological polar surface area (TPSA) is 46.5 Å². The lowest BCUT2D eigenvalue weighted by Crippen LogP contribution is -2.01. The van der Waals surface area contributed by atoms with Crippen LogP contribution in [0.15, 0.2) is 42.5 Å². The fourth-order valence-electron chi connectivity index (χ4n) is 1.45. The van der Waals surface area contributed by atoms with Gasteiger partial charge in [0.05, 0.1) is 5.56 Å². The van der Waals surface area contributed by atoms with Gasteiger partial charge in [0.15, 0.2) is 0 Å². The second kappa shape index (κ2) is 3.47. The summed E-state index contributed by atoms with van der Waals surface area (Å²) in [5, 5.41) is 10.0. The normalized spacial score (nSPS) is 10.1. The van der Waals surface area contributed by atoms with Gasteiger partial charge in [0.25, 0.3) is 0 Å². The highest BCUT2D eigenvalue weighted by molar-refractivity contribution is 6.04. The van der Waals surface area contributed by atoms with Crippen molar-refractivity contribution in [1.29, 1.82) is 0 Å². The van der Waals surface area contributed by atoms with Gasteiger partial charge in [-0.3, -0.25) is 4.89 Å². The van der Waals surface area contributed by atoms with Crippen LogP contribution in [0.1, 0.15) is 10.4 Å². The third kappa shape index (κ3) is 1.34. The smallest absolute Gasteiger partial charge is 0.295 e. The van der Waals surface area contributed by atoms with Crippen molar-refractivity contribution in [3.63, 3.8) is 0 Å². The number of carbonyl (C=O) groups is 1. The molecule has 14 heavy (non-hydrogen) atoms. The van der Waals surface area contributed by atoms with E-state index in [-0.39, 0.29) is 0 Å². The van der Waals surface area contributed by atoms with Crippen LogP contribution in [0.3, 0.4) is 0 Å². The van der Waals surface area contributed by atoms with Gasteiger partial charge >= 0.3 is 5.97 Å². The molecule has 0 aliphatic carbocycles. The van der Waals surface area contributed by atoms with Crippen LogP contribution in [0.2, 0.25) is 0 Å². The first kappa shape index (κ1) is 8.72. The quantitative estimate of drug-likeness (QED) is 0.552. The van der Waals surface area contributed by atoms with E-state index in [4.69, 9.17) is 5.26 Å². The molecule has 0 atom stereocenters. The van der Waals surface area contributed by atoms with E-state index in [2.05, 4.69) is 4.89 Å². The number of benzene rings is 2. The largest absolute Gasteiger partial charge is 0.373 e. The maximum atomic E-state index is 11.2. The molecule has 0 aromatic heterocycles. The van der Waals surface area contributed by atoms with Gasteiger partial charge in [0, 0.05) is 0 Å². The minimum absolute atomic E-state index is 0.366. The number of carbonyl (C=O) groups excluding carboxylic acids is 1. The molecule has 0 spiro atoms. The summed E-state index contributed by atoms with van der Waals surface area (Å²) in [4.78, 5) is 14.9. The van der Waals surface area contributed by atoms with Gasteiger partial charge in [-0.05, 0) is 16.8 Å². The van der Waals surface area contributed by atoms with E-state index in [9.17, 15) is 4.79 Å². The van der Waals surface area contributed by atoms with Crippen LogP contribution in [0.4, 0.5) is 0 Å². The van der Waals surface area contributed by atoms with Crippen LogP contribution in [0.5, 0.6) is 0 Å². The zero-order valence-electron chi connectivity index (χ0n) is 7.31. The lowest BCUT2D eigenvalue weighted by atomic mass is 10.1. The standard InChI is InChI=1S/C11H8O3/c12-11(14-13)10-7-3-5-8-4-1-2-6-9(8)10/h1-7,13H. The molecule has 0 amide bonds. The van der Waals surface area contributed by atoms with Crippen molar-refractivity contribution in [3.05, 3.63) is 48.0 Å². The van der Waals surface area contributed by atoms with Crippen LogP contribution in [0, 0.1) is 0 Å². The molecular formula is C11H8O3. The van der Waals surface area contributed by atoms with Gasteiger partial charge in [-0.2, -0.15) is 5.26 Å². The molecule has 2 aromatic carbocycles. The van der Waals surface area contributed by atoms with Crippen LogP contribution in [0.25, 0.3) is 10.8 Å². The molecule has 0 aliphatic heterocycles. The van der Waals surface area contributed by atoms with E-state index in [1.54, 1.807) is 12.1 Å². The zero-order chi connectivity index (χ0) is 9.97. The molecule has 0 bridgehead atoms. The molecule has 0 unspecified atom stereocenters. The van der Waals surface area contributed by atoms with Gasteiger partial charge in [-0.1, -0.05) is 36.4 Å². The molecule has 2 rings (SSSR count). The zero-order valence-corrected chi connectivity index (χ0v) is 7.31. The maximum Gasteiger partial charge on any atom is 0.373 e. The van der Waals surface area contributed by atoms with E-state index >= 15 is 0 Å². The Balaban J connectivity index is 2.71. The first-order valence-electron chi connectivity index (χ1n) is 4.16. The second-order valence-corrected chi connectivity index (χ2v) is 2.91. The van der Waals surface area contributed by atoms with E-state index in [1.807, 2.05) is 30.3 Å². The number of fused-ring (bicyclic) bond motifs is 1. The van der Waals surface area contributed by atoms with Crippen molar-refractivity contribution in [2.75, 3.05) is 0 Å². The van der Waals surface area contributed by atoms with Gasteiger partial charge in [-0.15, -0.1) is 0 Å². The molecule has 3 nitrogen and oxygen atoms in total. The van der Waals surface area contributed by atoms with E-state index < -0.39 is 5.97 Å². The third-order valence-electron chi connectivity index (χ3n) is 2.09. The van der Waals surface area contributed by atoms with E-state index in [0.29, 0.717) is 5.56 Å². The Bertz CT molecular complexity index is 471. The fraction of sp³-hybridized carbons (Fsp3) is 0. The van der Waals surface area contributed by atoms with Crippen LogP contribution in [-0.2, 0) is 4.89 Å². The average Bonchev–Trinajstić information content (AvgIpc) is 2.27. The molecule has 0 heterocycles. The van der Waals surface area contributed by atoms with Crippen LogP contribution < -0.4 is 0 Å². The van der Waals surface area contributed by atoms with Crippen molar-refractivity contribution in [2.24, 2.45) is 0 Å². The molecule has 1 N–H and O–H groups in total. The molecule has 0 aliphatic rings. The van der Waals surface area contributed by atoms with E-state index in [1.165, 1.54) is 0 Å². The number of hydrogen-bond acceptors (Lipinski definition) is 3. The number of hydrogen-bond donors (Lipinski definition) is 1. The average molecular weight is 188 g/mol. The molecule has 2 aromatic rings. The van der Waals surface area contributed by atoms with Gasteiger partial charge < -0.3 is 0 Å². The molecule has 0 saturated heterocycles. The highest BCUT2D eigenvalue weighted by atomic mass is 17.1. The molecular weight excluding hydrogens is 180 g/mol. The minimum Gasteiger partial charge on any atom is -0.295 e. The highest BCUT2D eigenvalue weighted by Gasteiger charge is 2.09. The Kier molecular flexibility index (Phi) is 2.16. The van der Waals surface area contributed by atoms with Gasteiger partial charge in [0.1, 0.15) is 0 Å². The van der Waals surface area contributed by atoms with Gasteiger partial charge in [-0.25, -0.2) is 4.79 Å². The molecule has 0 radical (unpaired) electrons. The minimum atomic E-state index is -0.734. The van der Waals surface area contributed by atoms with Crippen LogP contribution >= 0.6 is 0 Å². The lowest BCUT2D eigenvalue weighted by Gasteiger charge is -2.02. The SMILES string of the molecule is O=C(OO)c1cccc2ccccc12. The summed E-state index contributed by atoms with van der Waals surface area (Å²) in [5.74, 6) is -0.734. The molecule has 3 heteroatoms. The summed E-state index contributed by atoms with van der Waals surface area (Å²) < 4.78 is 0. The Labute approximate surface area is 80.5 Å². The van der Waals surface area contributed by atoms with Crippen molar-refractivity contribution < 1.29 is 14.9 Å². The summed E-state index contributed by atoms with van der Waals surface area (Å²) in [5.41, 5.74) is 0.366. The predicted molar refractivity (Wildman–Crippen MR) is 52.0 cm³/mol. The molecule has 0 fully saturated rings. The monoisotopic (exact) mass is 188 g/mol. The highest BCUT2D eigenvalue weighted by Crippen LogP contribution is 2.18. The maximum absolute atomic E-state index is 11.2. The lowest BCUT2D eigenvalue weighted by molar-refractivity contribution is -0.182. The Morgan fingerprint density at radius 2 is 1.79 bits per heavy atom. The van der Waals surface area contributed by atoms with Crippen LogP contribution in [-0.4, -0.2) is 11.2 Å². The Morgan fingerprint density at radius 1 is 1.07 bits per heavy atom. The summed E-state index contributed by atoms with van der Waals surface area (Å²) in [6.07, 6.45) is 0. The van der Waals surface area contributed by atoms with Crippen molar-refractivity contribution in [3.8, 4) is 0 Å². The van der Waals surface area contributed by atoms with Gasteiger partial charge in [0.2, 0.25) is 0 Å². The van der Waals surface area contributed by atoms with Crippen molar-refractivity contribution in [1.82, 2.24) is 0 Å². The Hall–Kier alpha value is -1.87. The predicted octanol–water partition coefficient (Wildman–Crippen LogP) is 2.47. The first-order chi connectivity index (χ1) is 6.83. The number of rotatable bonds is 1. The summed E-state index contributed by atoms with van der Waals surface area (Å²) in [6, 6.07) is 12.7. The second-order valence-electron chi connectivity index (χ2n) is 2.91. The van der Waals surface area contributed by atoms with E-state index in [0.717, 1.165) is 10.8 Å².